The van der Waals surface area contributed by atoms with E-state index >= 15 is 0 Å². The Labute approximate surface area is 129 Å². The Bertz CT molecular complexity index is 746. The lowest BCUT2D eigenvalue weighted by molar-refractivity contribution is 0.395. The third-order valence-electron chi connectivity index (χ3n) is 3.25. The molecule has 0 saturated heterocycles. The molecule has 1 aromatic carbocycles. The van der Waals surface area contributed by atoms with Crippen molar-refractivity contribution < 1.29 is 17.9 Å². The van der Waals surface area contributed by atoms with Crippen LogP contribution in [0.1, 0.15) is 12.6 Å². The van der Waals surface area contributed by atoms with E-state index in [-0.39, 0.29) is 4.90 Å². The van der Waals surface area contributed by atoms with Gasteiger partial charge in [0.1, 0.15) is 16.4 Å². The molecule has 2 aromatic rings. The number of sulfonamides is 1. The minimum atomic E-state index is -3.73. The van der Waals surface area contributed by atoms with Crippen molar-refractivity contribution in [1.82, 2.24) is 9.78 Å². The highest BCUT2D eigenvalue weighted by Gasteiger charge is 2.21. The zero-order valence-electron chi connectivity index (χ0n) is 13.0. The molecule has 0 bridgehead atoms. The van der Waals surface area contributed by atoms with Gasteiger partial charge < -0.3 is 9.47 Å². The molecular formula is C14H19N3O4S. The van der Waals surface area contributed by atoms with Crippen LogP contribution >= 0.6 is 0 Å². The van der Waals surface area contributed by atoms with Gasteiger partial charge in [0.15, 0.2) is 0 Å². The predicted octanol–water partition coefficient (Wildman–Crippen LogP) is 2.03. The van der Waals surface area contributed by atoms with Crippen LogP contribution in [0.25, 0.3) is 0 Å². The molecule has 0 aliphatic carbocycles. The summed E-state index contributed by atoms with van der Waals surface area (Å²) in [4.78, 5) is 0.149. The molecule has 2 rings (SSSR count). The highest BCUT2D eigenvalue weighted by molar-refractivity contribution is 7.92. The Hall–Kier alpha value is -2.22. The Morgan fingerprint density at radius 1 is 1.18 bits per heavy atom. The summed E-state index contributed by atoms with van der Waals surface area (Å²) in [6.45, 7) is 4.22. The van der Waals surface area contributed by atoms with Crippen molar-refractivity contribution in [3.8, 4) is 11.5 Å². The maximum Gasteiger partial charge on any atom is 0.265 e. The standard InChI is InChI=1S/C14H19N3O4S/c1-5-17-10(2)14(9-15-17)22(18,19)16-11-6-12(20-3)8-13(7-11)21-4/h6-9,16H,5H2,1-4H3. The van der Waals surface area contributed by atoms with Gasteiger partial charge in [-0.1, -0.05) is 0 Å². The third kappa shape index (κ3) is 3.16. The van der Waals surface area contributed by atoms with Crippen molar-refractivity contribution in [2.24, 2.45) is 0 Å². The van der Waals surface area contributed by atoms with Crippen LogP contribution < -0.4 is 14.2 Å². The van der Waals surface area contributed by atoms with Crippen molar-refractivity contribution in [2.45, 2.75) is 25.3 Å². The highest BCUT2D eigenvalue weighted by atomic mass is 32.2. The molecule has 0 aliphatic rings. The number of nitrogens with one attached hydrogen (secondary N) is 1. The Kier molecular flexibility index (Phi) is 4.60. The van der Waals surface area contributed by atoms with Gasteiger partial charge >= 0.3 is 0 Å². The maximum absolute atomic E-state index is 12.5. The lowest BCUT2D eigenvalue weighted by Gasteiger charge is -2.11. The molecule has 0 saturated carbocycles. The van der Waals surface area contributed by atoms with Crippen LogP contribution in [0.2, 0.25) is 0 Å². The molecule has 0 amide bonds. The summed E-state index contributed by atoms with van der Waals surface area (Å²) in [5.41, 5.74) is 0.949. The number of rotatable bonds is 6. The minimum Gasteiger partial charge on any atom is -0.497 e. The largest absolute Gasteiger partial charge is 0.497 e. The fraction of sp³-hybridized carbons (Fsp3) is 0.357. The quantitative estimate of drug-likeness (QED) is 0.878. The first-order chi connectivity index (χ1) is 10.4. The lowest BCUT2D eigenvalue weighted by atomic mass is 10.3. The van der Waals surface area contributed by atoms with Gasteiger partial charge in [0, 0.05) is 24.7 Å². The number of nitrogens with zero attached hydrogens (tertiary/aromatic N) is 2. The van der Waals surface area contributed by atoms with E-state index in [0.29, 0.717) is 29.4 Å². The van der Waals surface area contributed by atoms with Crippen LogP contribution in [-0.4, -0.2) is 32.4 Å². The van der Waals surface area contributed by atoms with Crippen molar-refractivity contribution >= 4 is 15.7 Å². The Morgan fingerprint density at radius 3 is 2.23 bits per heavy atom. The van der Waals surface area contributed by atoms with Gasteiger partial charge in [-0.2, -0.15) is 5.10 Å². The second kappa shape index (κ2) is 6.27. The highest BCUT2D eigenvalue weighted by Crippen LogP contribution is 2.28. The van der Waals surface area contributed by atoms with Crippen LogP contribution in [0.4, 0.5) is 5.69 Å². The van der Waals surface area contributed by atoms with Crippen LogP contribution in [-0.2, 0) is 16.6 Å². The smallest absolute Gasteiger partial charge is 0.265 e. The number of methoxy groups -OCH3 is 2. The molecule has 7 nitrogen and oxygen atoms in total. The zero-order valence-corrected chi connectivity index (χ0v) is 13.8. The molecule has 1 N–H and O–H groups in total. The molecule has 22 heavy (non-hydrogen) atoms. The summed E-state index contributed by atoms with van der Waals surface area (Å²) in [6.07, 6.45) is 1.35. The molecule has 0 spiro atoms. The fourth-order valence-electron chi connectivity index (χ4n) is 2.09. The van der Waals surface area contributed by atoms with E-state index in [9.17, 15) is 8.42 Å². The molecule has 1 heterocycles. The van der Waals surface area contributed by atoms with E-state index in [0.717, 1.165) is 0 Å². The molecule has 0 unspecified atom stereocenters. The van der Waals surface area contributed by atoms with E-state index in [4.69, 9.17) is 9.47 Å². The first kappa shape index (κ1) is 16.2. The van der Waals surface area contributed by atoms with Gasteiger partial charge in [0.05, 0.1) is 31.8 Å². The van der Waals surface area contributed by atoms with Gasteiger partial charge in [-0.3, -0.25) is 9.40 Å². The van der Waals surface area contributed by atoms with Crippen LogP contribution in [0.5, 0.6) is 11.5 Å². The average Bonchev–Trinajstić information content (AvgIpc) is 2.87. The zero-order chi connectivity index (χ0) is 16.3. The summed E-state index contributed by atoms with van der Waals surface area (Å²) in [5.74, 6) is 0.996. The van der Waals surface area contributed by atoms with E-state index in [2.05, 4.69) is 9.82 Å². The number of anilines is 1. The summed E-state index contributed by atoms with van der Waals surface area (Å²) >= 11 is 0. The molecule has 0 radical (unpaired) electrons. The van der Waals surface area contributed by atoms with Crippen molar-refractivity contribution in [1.29, 1.82) is 0 Å². The van der Waals surface area contributed by atoms with Gasteiger partial charge in [-0.25, -0.2) is 8.42 Å². The molecule has 8 heteroatoms. The van der Waals surface area contributed by atoms with Gasteiger partial charge in [0.25, 0.3) is 10.0 Å². The lowest BCUT2D eigenvalue weighted by Crippen LogP contribution is -2.14. The molecule has 1 aromatic heterocycles. The fourth-order valence-corrected chi connectivity index (χ4v) is 3.31. The van der Waals surface area contributed by atoms with Crippen LogP contribution in [0.15, 0.2) is 29.3 Å². The average molecular weight is 325 g/mol. The second-order valence-electron chi connectivity index (χ2n) is 4.62. The van der Waals surface area contributed by atoms with Gasteiger partial charge in [0.2, 0.25) is 0 Å². The van der Waals surface area contributed by atoms with E-state index in [1.807, 2.05) is 6.92 Å². The van der Waals surface area contributed by atoms with Crippen molar-refractivity contribution in [3.63, 3.8) is 0 Å². The number of aryl methyl sites for hydroxylation is 1. The number of ether oxygens (including phenoxy) is 2. The summed E-state index contributed by atoms with van der Waals surface area (Å²) in [7, 11) is -0.723. The van der Waals surface area contributed by atoms with E-state index in [1.165, 1.54) is 20.4 Å². The van der Waals surface area contributed by atoms with Crippen molar-refractivity contribution in [3.05, 3.63) is 30.1 Å². The predicted molar refractivity (Wildman–Crippen MR) is 83.0 cm³/mol. The van der Waals surface area contributed by atoms with Gasteiger partial charge in [-0.15, -0.1) is 0 Å². The Morgan fingerprint density at radius 2 is 1.77 bits per heavy atom. The minimum absolute atomic E-state index is 0.149. The van der Waals surface area contributed by atoms with Crippen LogP contribution in [0.3, 0.4) is 0 Å². The topological polar surface area (TPSA) is 82.5 Å². The summed E-state index contributed by atoms with van der Waals surface area (Å²) < 4.78 is 39.4. The summed E-state index contributed by atoms with van der Waals surface area (Å²) in [5, 5.41) is 4.06. The van der Waals surface area contributed by atoms with Crippen molar-refractivity contribution in [2.75, 3.05) is 18.9 Å². The monoisotopic (exact) mass is 325 g/mol. The second-order valence-corrected chi connectivity index (χ2v) is 6.27. The first-order valence-electron chi connectivity index (χ1n) is 6.69. The molecular weight excluding hydrogens is 306 g/mol. The molecule has 120 valence electrons. The maximum atomic E-state index is 12.5. The molecule has 0 atom stereocenters. The number of hydrogen-bond donors (Lipinski definition) is 1. The molecule has 0 aliphatic heterocycles. The molecule has 0 fully saturated rings. The summed E-state index contributed by atoms with van der Waals surface area (Å²) in [6, 6.07) is 4.83. The Balaban J connectivity index is 2.38. The van der Waals surface area contributed by atoms with E-state index < -0.39 is 10.0 Å². The normalized spacial score (nSPS) is 11.3. The number of aromatic nitrogens is 2. The first-order valence-corrected chi connectivity index (χ1v) is 8.18. The van der Waals surface area contributed by atoms with Gasteiger partial charge in [-0.05, 0) is 13.8 Å². The van der Waals surface area contributed by atoms with Crippen LogP contribution in [0, 0.1) is 6.92 Å². The SMILES string of the molecule is CCn1ncc(S(=O)(=O)Nc2cc(OC)cc(OC)c2)c1C. The number of hydrogen-bond acceptors (Lipinski definition) is 5. The number of benzene rings is 1. The van der Waals surface area contributed by atoms with E-state index in [1.54, 1.807) is 29.8 Å². The third-order valence-corrected chi connectivity index (χ3v) is 4.74.